The van der Waals surface area contributed by atoms with Crippen molar-refractivity contribution in [2.45, 2.75) is 241 Å². The van der Waals surface area contributed by atoms with E-state index in [4.69, 9.17) is 0 Å². The third-order valence-corrected chi connectivity index (χ3v) is 10.4. The van der Waals surface area contributed by atoms with Gasteiger partial charge in [0, 0.05) is 0 Å². The molecule has 0 rings (SSSR count). The minimum atomic E-state index is 0.929. The van der Waals surface area contributed by atoms with Crippen LogP contribution in [0.5, 0.6) is 0 Å². The maximum atomic E-state index is 2.52. The molecule has 4 atom stereocenters. The summed E-state index contributed by atoms with van der Waals surface area (Å²) in [5.74, 6) is 3.76. The summed E-state index contributed by atoms with van der Waals surface area (Å²) in [7, 11) is 0. The standard InChI is InChI=1S/C41H84/c1-7-9-10-11-12-13-14-15-16-17-18-19-20-21-22-23-24-25-26-27-31-39(4)34-29-35-41(6)37-30-36-40(5)33-28-32-38(3)8-2/h38-41H,7-37H2,1-6H3. The van der Waals surface area contributed by atoms with Gasteiger partial charge >= 0.3 is 0 Å². The third-order valence-electron chi connectivity index (χ3n) is 10.4. The summed E-state index contributed by atoms with van der Waals surface area (Å²) in [5, 5.41) is 0. The van der Waals surface area contributed by atoms with Gasteiger partial charge in [0.05, 0.1) is 0 Å². The average Bonchev–Trinajstić information content (AvgIpc) is 2.96. The van der Waals surface area contributed by atoms with Gasteiger partial charge in [-0.2, -0.15) is 0 Å². The molecule has 0 bridgehead atoms. The second kappa shape index (κ2) is 32.9. The highest BCUT2D eigenvalue weighted by atomic mass is 14.1. The first-order valence-electron chi connectivity index (χ1n) is 20.0. The topological polar surface area (TPSA) is 0 Å². The fourth-order valence-corrected chi connectivity index (χ4v) is 6.83. The van der Waals surface area contributed by atoms with Crippen LogP contribution >= 0.6 is 0 Å². The SMILES string of the molecule is CCCCCCCCCCCCCCCCCCCCCCC(C)CCCC(C)CCCC(C)CCCC(C)CC. The molecular formula is C41H84. The zero-order chi connectivity index (χ0) is 30.2. The number of unbranched alkanes of at least 4 members (excludes halogenated alkanes) is 19. The lowest BCUT2D eigenvalue weighted by molar-refractivity contribution is 0.368. The maximum absolute atomic E-state index is 2.52. The Morgan fingerprint density at radius 2 is 0.463 bits per heavy atom. The van der Waals surface area contributed by atoms with Crippen molar-refractivity contribution in [1.29, 1.82) is 0 Å². The summed E-state index contributed by atoms with van der Waals surface area (Å²) >= 11 is 0. The smallest absolute Gasteiger partial charge is 0.0443 e. The van der Waals surface area contributed by atoms with Gasteiger partial charge in [-0.25, -0.2) is 0 Å². The molecule has 0 N–H and O–H groups in total. The van der Waals surface area contributed by atoms with Gasteiger partial charge in [0.25, 0.3) is 0 Å². The minimum absolute atomic E-state index is 0.929. The first-order chi connectivity index (χ1) is 20.0. The molecule has 0 spiro atoms. The van der Waals surface area contributed by atoms with Crippen molar-refractivity contribution in [2.75, 3.05) is 0 Å². The van der Waals surface area contributed by atoms with Gasteiger partial charge in [0.1, 0.15) is 0 Å². The zero-order valence-corrected chi connectivity index (χ0v) is 30.2. The van der Waals surface area contributed by atoms with Crippen molar-refractivity contribution >= 4 is 0 Å². The Morgan fingerprint density at radius 1 is 0.244 bits per heavy atom. The fraction of sp³-hybridized carbons (Fsp3) is 1.00. The van der Waals surface area contributed by atoms with E-state index >= 15 is 0 Å². The Balaban J connectivity index is 3.31. The highest BCUT2D eigenvalue weighted by molar-refractivity contribution is 4.62. The van der Waals surface area contributed by atoms with Crippen molar-refractivity contribution in [3.63, 3.8) is 0 Å². The molecule has 0 radical (unpaired) electrons. The lowest BCUT2D eigenvalue weighted by Gasteiger charge is -2.16. The van der Waals surface area contributed by atoms with E-state index in [1.165, 1.54) is 199 Å². The molecule has 248 valence electrons. The van der Waals surface area contributed by atoms with Gasteiger partial charge in [-0.3, -0.25) is 0 Å². The number of hydrogen-bond donors (Lipinski definition) is 0. The normalized spacial score (nSPS) is 14.8. The van der Waals surface area contributed by atoms with Crippen molar-refractivity contribution in [3.8, 4) is 0 Å². The van der Waals surface area contributed by atoms with Crippen LogP contribution in [0.4, 0.5) is 0 Å². The second-order valence-electron chi connectivity index (χ2n) is 15.1. The van der Waals surface area contributed by atoms with E-state index in [0.29, 0.717) is 0 Å². The summed E-state index contributed by atoms with van der Waals surface area (Å²) in [6.07, 6.45) is 45.5. The highest BCUT2D eigenvalue weighted by Gasteiger charge is 2.08. The molecule has 0 aromatic rings. The van der Waals surface area contributed by atoms with Crippen molar-refractivity contribution < 1.29 is 0 Å². The Bertz CT molecular complexity index is 467. The number of rotatable bonds is 34. The second-order valence-corrected chi connectivity index (χ2v) is 15.1. The van der Waals surface area contributed by atoms with Gasteiger partial charge in [0.15, 0.2) is 0 Å². The molecule has 0 heterocycles. The molecule has 0 amide bonds. The van der Waals surface area contributed by atoms with Crippen LogP contribution in [-0.4, -0.2) is 0 Å². The van der Waals surface area contributed by atoms with E-state index < -0.39 is 0 Å². The molecular weight excluding hydrogens is 492 g/mol. The molecule has 0 aliphatic carbocycles. The summed E-state index contributed by atoms with van der Waals surface area (Å²) in [4.78, 5) is 0. The van der Waals surface area contributed by atoms with Crippen LogP contribution in [0, 0.1) is 23.7 Å². The molecule has 4 unspecified atom stereocenters. The monoisotopic (exact) mass is 577 g/mol. The quantitative estimate of drug-likeness (QED) is 0.0668. The first-order valence-corrected chi connectivity index (χ1v) is 20.0. The Kier molecular flexibility index (Phi) is 32.9. The lowest BCUT2D eigenvalue weighted by Crippen LogP contribution is -2.02. The molecule has 0 heteroatoms. The van der Waals surface area contributed by atoms with E-state index in [0.717, 1.165) is 23.7 Å². The maximum Gasteiger partial charge on any atom is -0.0443 e. The number of hydrogen-bond acceptors (Lipinski definition) is 0. The highest BCUT2D eigenvalue weighted by Crippen LogP contribution is 2.24. The third kappa shape index (κ3) is 32.7. The van der Waals surface area contributed by atoms with E-state index in [2.05, 4.69) is 41.5 Å². The van der Waals surface area contributed by atoms with E-state index in [-0.39, 0.29) is 0 Å². The molecule has 0 saturated carbocycles. The van der Waals surface area contributed by atoms with Gasteiger partial charge in [0.2, 0.25) is 0 Å². The van der Waals surface area contributed by atoms with E-state index in [1.807, 2.05) is 0 Å². The van der Waals surface area contributed by atoms with Gasteiger partial charge in [-0.05, 0) is 23.7 Å². The van der Waals surface area contributed by atoms with Crippen LogP contribution in [0.25, 0.3) is 0 Å². The molecule has 41 heavy (non-hydrogen) atoms. The molecule has 0 nitrogen and oxygen atoms in total. The van der Waals surface area contributed by atoms with Crippen LogP contribution in [0.1, 0.15) is 241 Å². The largest absolute Gasteiger partial charge is 0.0654 e. The van der Waals surface area contributed by atoms with E-state index in [9.17, 15) is 0 Å². The summed E-state index contributed by atoms with van der Waals surface area (Å²) in [6.45, 7) is 14.6. The zero-order valence-electron chi connectivity index (χ0n) is 30.2. The molecule has 0 aromatic carbocycles. The lowest BCUT2D eigenvalue weighted by atomic mass is 9.90. The Hall–Kier alpha value is 0. The van der Waals surface area contributed by atoms with E-state index in [1.54, 1.807) is 0 Å². The summed E-state index contributed by atoms with van der Waals surface area (Å²) < 4.78 is 0. The van der Waals surface area contributed by atoms with Crippen LogP contribution in [0.2, 0.25) is 0 Å². The molecule has 0 fully saturated rings. The summed E-state index contributed by atoms with van der Waals surface area (Å²) in [6, 6.07) is 0. The van der Waals surface area contributed by atoms with Gasteiger partial charge in [-0.15, -0.1) is 0 Å². The van der Waals surface area contributed by atoms with Crippen LogP contribution in [0.15, 0.2) is 0 Å². The first kappa shape index (κ1) is 41.0. The summed E-state index contributed by atoms with van der Waals surface area (Å²) in [5.41, 5.74) is 0. The predicted molar refractivity (Wildman–Crippen MR) is 191 cm³/mol. The molecule has 0 aliphatic heterocycles. The molecule has 0 saturated heterocycles. The van der Waals surface area contributed by atoms with Crippen LogP contribution in [-0.2, 0) is 0 Å². The van der Waals surface area contributed by atoms with Crippen molar-refractivity contribution in [3.05, 3.63) is 0 Å². The van der Waals surface area contributed by atoms with Crippen molar-refractivity contribution in [2.24, 2.45) is 23.7 Å². The average molecular weight is 577 g/mol. The minimum Gasteiger partial charge on any atom is -0.0654 e. The van der Waals surface area contributed by atoms with Gasteiger partial charge in [-0.1, -0.05) is 241 Å². The Labute approximate surface area is 263 Å². The molecule has 0 aromatic heterocycles. The van der Waals surface area contributed by atoms with Gasteiger partial charge < -0.3 is 0 Å². The predicted octanol–water partition coefficient (Wildman–Crippen LogP) is 15.7. The van der Waals surface area contributed by atoms with Crippen LogP contribution < -0.4 is 0 Å². The molecule has 0 aliphatic rings. The fourth-order valence-electron chi connectivity index (χ4n) is 6.83. The van der Waals surface area contributed by atoms with Crippen LogP contribution in [0.3, 0.4) is 0 Å². The Morgan fingerprint density at radius 3 is 0.732 bits per heavy atom. The van der Waals surface area contributed by atoms with Crippen molar-refractivity contribution in [1.82, 2.24) is 0 Å².